The van der Waals surface area contributed by atoms with Gasteiger partial charge in [0.15, 0.2) is 11.6 Å². The van der Waals surface area contributed by atoms with Crippen molar-refractivity contribution >= 4 is 28.5 Å². The highest BCUT2D eigenvalue weighted by Gasteiger charge is 2.36. The van der Waals surface area contributed by atoms with Crippen LogP contribution in [0.5, 0.6) is 11.5 Å². The Kier molecular flexibility index (Phi) is 9.73. The van der Waals surface area contributed by atoms with Gasteiger partial charge in [-0.1, -0.05) is 44.2 Å². The van der Waals surface area contributed by atoms with Crippen LogP contribution in [0.1, 0.15) is 74.0 Å². The van der Waals surface area contributed by atoms with Crippen molar-refractivity contribution in [2.45, 2.75) is 63.6 Å². The maximum absolute atomic E-state index is 13.2. The fourth-order valence-corrected chi connectivity index (χ4v) is 7.55. The molecule has 3 aromatic carbocycles. The van der Waals surface area contributed by atoms with Crippen LogP contribution in [0.2, 0.25) is 0 Å². The van der Waals surface area contributed by atoms with E-state index in [2.05, 4.69) is 45.8 Å². The molecule has 0 radical (unpaired) electrons. The molecule has 1 saturated heterocycles. The summed E-state index contributed by atoms with van der Waals surface area (Å²) in [6.45, 7) is 4.15. The summed E-state index contributed by atoms with van der Waals surface area (Å²) in [4.78, 5) is 35.0. The number of benzene rings is 3. The van der Waals surface area contributed by atoms with Crippen molar-refractivity contribution in [3.63, 3.8) is 0 Å². The Labute approximate surface area is 280 Å². The van der Waals surface area contributed by atoms with Crippen molar-refractivity contribution in [1.29, 1.82) is 0 Å². The summed E-state index contributed by atoms with van der Waals surface area (Å²) < 4.78 is 48.2. The van der Waals surface area contributed by atoms with Crippen molar-refractivity contribution in [2.24, 2.45) is 10.9 Å². The van der Waals surface area contributed by atoms with Gasteiger partial charge < -0.3 is 9.47 Å². The zero-order chi connectivity index (χ0) is 34.0. The molecule has 1 saturated carbocycles. The number of ether oxygens (including phenoxy) is 2. The molecule has 12 heteroatoms. The molecule has 1 aromatic heterocycles. The molecule has 0 bridgehead atoms. The third-order valence-electron chi connectivity index (χ3n) is 8.86. The summed E-state index contributed by atoms with van der Waals surface area (Å²) >= 11 is 1.36. The lowest BCUT2D eigenvalue weighted by atomic mass is 9.87. The van der Waals surface area contributed by atoms with Crippen LogP contribution in [0.4, 0.5) is 13.2 Å². The molecule has 48 heavy (non-hydrogen) atoms. The first kappa shape index (κ1) is 33.5. The van der Waals surface area contributed by atoms with E-state index >= 15 is 0 Å². The van der Waals surface area contributed by atoms with E-state index in [0.717, 1.165) is 41.7 Å². The van der Waals surface area contributed by atoms with Gasteiger partial charge >= 0.3 is 6.36 Å². The van der Waals surface area contributed by atoms with Crippen LogP contribution in [0, 0.1) is 5.92 Å². The molecule has 2 fully saturated rings. The first-order valence-electron chi connectivity index (χ1n) is 15.8. The zero-order valence-electron chi connectivity index (χ0n) is 26.7. The number of rotatable bonds is 9. The van der Waals surface area contributed by atoms with Crippen LogP contribution in [0.25, 0.3) is 17.1 Å². The van der Waals surface area contributed by atoms with E-state index < -0.39 is 12.3 Å². The van der Waals surface area contributed by atoms with E-state index in [9.17, 15) is 22.8 Å². The molecule has 2 aliphatic rings. The van der Waals surface area contributed by atoms with E-state index in [1.807, 2.05) is 30.3 Å². The highest BCUT2D eigenvalue weighted by molar-refractivity contribution is 8.15. The number of alkyl halides is 3. The molecule has 250 valence electrons. The summed E-state index contributed by atoms with van der Waals surface area (Å²) in [5.41, 5.74) is 4.46. The predicted molar refractivity (Wildman–Crippen MR) is 178 cm³/mol. The number of aliphatic imine (C=N–C) groups is 1. The Morgan fingerprint density at radius 3 is 2.46 bits per heavy atom. The number of thioether (sulfide) groups is 1. The van der Waals surface area contributed by atoms with Gasteiger partial charge in [0.1, 0.15) is 17.8 Å². The molecule has 3 atom stereocenters. The van der Waals surface area contributed by atoms with Gasteiger partial charge in [-0.3, -0.25) is 9.59 Å². The van der Waals surface area contributed by atoms with Crippen LogP contribution >= 0.6 is 11.8 Å². The summed E-state index contributed by atoms with van der Waals surface area (Å²) in [5.74, 6) is 1.31. The predicted octanol–water partition coefficient (Wildman–Crippen LogP) is 8.26. The Bertz CT molecular complexity index is 1820. The third kappa shape index (κ3) is 7.64. The molecule has 1 amide bonds. The van der Waals surface area contributed by atoms with Crippen LogP contribution in [-0.4, -0.2) is 50.7 Å². The molecule has 0 N–H and O–H groups in total. The lowest BCUT2D eigenvalue weighted by Crippen LogP contribution is -2.17. The smallest absolute Gasteiger partial charge is 0.497 e. The van der Waals surface area contributed by atoms with Crippen LogP contribution in [0.3, 0.4) is 0 Å². The van der Waals surface area contributed by atoms with Gasteiger partial charge in [0.05, 0.1) is 29.5 Å². The summed E-state index contributed by atoms with van der Waals surface area (Å²) in [5, 5.41) is 5.07. The van der Waals surface area contributed by atoms with Gasteiger partial charge in [-0.25, -0.2) is 14.7 Å². The number of hydrogen-bond donors (Lipinski definition) is 0. The summed E-state index contributed by atoms with van der Waals surface area (Å²) in [6, 6.07) is 19.2. The molecular weight excluding hydrogens is 641 g/mol. The molecule has 1 aliphatic heterocycles. The maximum atomic E-state index is 13.2. The highest BCUT2D eigenvalue weighted by Crippen LogP contribution is 2.42. The number of ketones is 1. The number of carbonyl (C=O) groups is 2. The van der Waals surface area contributed by atoms with Gasteiger partial charge in [-0.05, 0) is 90.1 Å². The second kappa shape index (κ2) is 14.0. The van der Waals surface area contributed by atoms with Crippen LogP contribution < -0.4 is 9.47 Å². The van der Waals surface area contributed by atoms with Crippen molar-refractivity contribution in [2.75, 3.05) is 12.9 Å². The monoisotopic (exact) mass is 676 g/mol. The van der Waals surface area contributed by atoms with Crippen LogP contribution in [-0.2, 0) is 9.59 Å². The minimum absolute atomic E-state index is 0.0681. The molecule has 3 unspecified atom stereocenters. The van der Waals surface area contributed by atoms with Gasteiger partial charge in [-0.2, -0.15) is 0 Å². The topological polar surface area (TPSA) is 95.7 Å². The second-order valence-electron chi connectivity index (χ2n) is 12.4. The quantitative estimate of drug-likeness (QED) is 0.176. The highest BCUT2D eigenvalue weighted by atomic mass is 32.2. The van der Waals surface area contributed by atoms with E-state index in [1.165, 1.54) is 52.6 Å². The van der Waals surface area contributed by atoms with Gasteiger partial charge in [0, 0.05) is 12.0 Å². The number of nitrogens with zero attached hydrogens (tertiary/aromatic N) is 4. The van der Waals surface area contributed by atoms with Crippen LogP contribution in [0.15, 0.2) is 78.0 Å². The molecule has 0 spiro atoms. The fourth-order valence-electron chi connectivity index (χ4n) is 6.50. The number of methoxy groups -OCH3 is 1. The maximum Gasteiger partial charge on any atom is 0.573 e. The number of hydrogen-bond acceptors (Lipinski definition) is 7. The molecule has 8 nitrogen and oxygen atoms in total. The first-order valence-corrected chi connectivity index (χ1v) is 16.8. The Morgan fingerprint density at radius 1 is 1.04 bits per heavy atom. The number of Topliss-reactive ketones (excluding diaryl/α,β-unsaturated/α-hetero) is 1. The standard InChI is InChI=1S/C36H35F3N4O4S/c1-21(2)30-18-28(46-3)14-15-29(30)33-31(44)19-48-35(33)41-32(45)17-22-4-5-25(16-22)23-6-8-24(9-7-23)34-40-20-43(42-34)26-10-12-27(13-11-26)47-36(37,38)39/h6-15,18,20-22,25,33H,4-5,16-17,19H2,1-3H3. The van der Waals surface area contributed by atoms with Crippen molar-refractivity contribution in [3.05, 3.63) is 89.7 Å². The third-order valence-corrected chi connectivity index (χ3v) is 9.92. The molecule has 2 heterocycles. The van der Waals surface area contributed by atoms with E-state index in [0.29, 0.717) is 34.6 Å². The van der Waals surface area contributed by atoms with E-state index in [1.54, 1.807) is 7.11 Å². The summed E-state index contributed by atoms with van der Waals surface area (Å²) in [7, 11) is 1.62. The Hall–Kier alpha value is -4.45. The fraction of sp³-hybridized carbons (Fsp3) is 0.361. The van der Waals surface area contributed by atoms with Crippen molar-refractivity contribution in [1.82, 2.24) is 14.8 Å². The van der Waals surface area contributed by atoms with Crippen molar-refractivity contribution in [3.8, 4) is 28.6 Å². The summed E-state index contributed by atoms with van der Waals surface area (Å²) in [6.07, 6.45) is -0.126. The zero-order valence-corrected chi connectivity index (χ0v) is 27.6. The minimum atomic E-state index is -4.75. The molecule has 6 rings (SSSR count). The lowest BCUT2D eigenvalue weighted by Gasteiger charge is -2.18. The normalized spacial score (nSPS) is 20.5. The number of carbonyl (C=O) groups excluding carboxylic acids is 2. The average molecular weight is 677 g/mol. The Balaban J connectivity index is 1.07. The second-order valence-corrected chi connectivity index (χ2v) is 13.4. The van der Waals surface area contributed by atoms with E-state index in [4.69, 9.17) is 4.74 Å². The molecule has 4 aromatic rings. The molecular formula is C36H35F3N4O4S. The number of amides is 1. The Morgan fingerprint density at radius 2 is 1.77 bits per heavy atom. The minimum Gasteiger partial charge on any atom is -0.497 e. The first-order chi connectivity index (χ1) is 23.0. The lowest BCUT2D eigenvalue weighted by molar-refractivity contribution is -0.274. The van der Waals surface area contributed by atoms with Gasteiger partial charge in [0.2, 0.25) is 5.91 Å². The van der Waals surface area contributed by atoms with Gasteiger partial charge in [-0.15, -0.1) is 30.0 Å². The average Bonchev–Trinajstić information content (AvgIpc) is 3.81. The van der Waals surface area contributed by atoms with E-state index in [-0.39, 0.29) is 29.3 Å². The number of aromatic nitrogens is 3. The SMILES string of the molecule is COc1ccc(C2C(=O)CSC2=NC(=O)CC2CCC(c3ccc(-c4ncn(-c5ccc(OC(F)(F)F)cc5)n4)cc3)C2)c(C(C)C)c1. The van der Waals surface area contributed by atoms with Gasteiger partial charge in [0.25, 0.3) is 0 Å². The largest absolute Gasteiger partial charge is 0.573 e. The number of halogens is 3. The van der Waals surface area contributed by atoms with Crippen molar-refractivity contribution < 1.29 is 32.2 Å². The molecule has 1 aliphatic carbocycles.